The second-order valence-electron chi connectivity index (χ2n) is 6.88. The van der Waals surface area contributed by atoms with Crippen molar-refractivity contribution in [2.75, 3.05) is 25.5 Å². The Bertz CT molecular complexity index is 645. The molecule has 1 atom stereocenters. The van der Waals surface area contributed by atoms with E-state index in [1.54, 1.807) is 17.0 Å². The molecule has 1 aliphatic heterocycles. The molecule has 1 aromatic rings. The molecule has 0 aromatic carbocycles. The largest absolute Gasteiger partial charge is 0.464 e. The highest BCUT2D eigenvalue weighted by Gasteiger charge is 2.32. The second kappa shape index (κ2) is 8.03. The van der Waals surface area contributed by atoms with Crippen molar-refractivity contribution in [2.45, 2.75) is 45.3 Å². The Hall–Kier alpha value is -1.83. The molecule has 1 saturated heterocycles. The number of rotatable bonds is 4. The number of amides is 1. The lowest BCUT2D eigenvalue weighted by Crippen LogP contribution is -2.42. The Kier molecular flexibility index (Phi) is 6.26. The van der Waals surface area contributed by atoms with Crippen molar-refractivity contribution in [3.05, 3.63) is 22.4 Å². The highest BCUT2D eigenvalue weighted by Crippen LogP contribution is 2.24. The van der Waals surface area contributed by atoms with E-state index >= 15 is 0 Å². The van der Waals surface area contributed by atoms with Crippen LogP contribution in [-0.2, 0) is 9.47 Å². The molecule has 7 nitrogen and oxygen atoms in total. The third-order valence-corrected chi connectivity index (χ3v) is 4.38. The van der Waals surface area contributed by atoms with Crippen LogP contribution < -0.4 is 5.32 Å². The van der Waals surface area contributed by atoms with Crippen LogP contribution >= 0.6 is 15.9 Å². The van der Waals surface area contributed by atoms with E-state index < -0.39 is 11.6 Å². The molecular weight excluding hydrogens is 390 g/mol. The first-order valence-electron chi connectivity index (χ1n) is 8.19. The van der Waals surface area contributed by atoms with Gasteiger partial charge in [-0.25, -0.2) is 14.6 Å². The summed E-state index contributed by atoms with van der Waals surface area (Å²) in [6.07, 6.45) is 1.58. The molecule has 0 radical (unpaired) electrons. The smallest absolute Gasteiger partial charge is 0.410 e. The summed E-state index contributed by atoms with van der Waals surface area (Å²) in [7, 11) is 1.31. The fraction of sp³-hybridized carbons (Fsp3) is 0.588. The zero-order chi connectivity index (χ0) is 18.6. The number of nitrogens with zero attached hydrogens (tertiary/aromatic N) is 2. The van der Waals surface area contributed by atoms with Crippen molar-refractivity contribution in [1.82, 2.24) is 9.88 Å². The van der Waals surface area contributed by atoms with Gasteiger partial charge in [0.1, 0.15) is 15.9 Å². The summed E-state index contributed by atoms with van der Waals surface area (Å²) in [6.45, 7) is 6.86. The fourth-order valence-electron chi connectivity index (χ4n) is 2.62. The van der Waals surface area contributed by atoms with Crippen molar-refractivity contribution in [2.24, 2.45) is 0 Å². The van der Waals surface area contributed by atoms with Gasteiger partial charge in [-0.15, -0.1) is 0 Å². The molecule has 1 aromatic heterocycles. The molecule has 2 rings (SSSR count). The van der Waals surface area contributed by atoms with E-state index in [0.29, 0.717) is 17.7 Å². The summed E-state index contributed by atoms with van der Waals surface area (Å²) < 4.78 is 10.6. The number of likely N-dealkylation sites (tertiary alicyclic amines) is 1. The predicted molar refractivity (Wildman–Crippen MR) is 97.7 cm³/mol. The fourth-order valence-corrected chi connectivity index (χ4v) is 3.08. The molecule has 1 amide bonds. The first kappa shape index (κ1) is 19.5. The number of hydrogen-bond acceptors (Lipinski definition) is 6. The van der Waals surface area contributed by atoms with Gasteiger partial charge < -0.3 is 19.7 Å². The maximum atomic E-state index is 12.3. The van der Waals surface area contributed by atoms with E-state index in [-0.39, 0.29) is 17.8 Å². The molecule has 2 heterocycles. The van der Waals surface area contributed by atoms with Gasteiger partial charge >= 0.3 is 12.1 Å². The Balaban J connectivity index is 1.98. The quantitative estimate of drug-likeness (QED) is 0.601. The maximum absolute atomic E-state index is 12.3. The molecule has 1 N–H and O–H groups in total. The zero-order valence-electron chi connectivity index (χ0n) is 15.0. The molecule has 0 aliphatic carbocycles. The number of ether oxygens (including phenoxy) is 2. The van der Waals surface area contributed by atoms with E-state index in [4.69, 9.17) is 4.74 Å². The highest BCUT2D eigenvalue weighted by atomic mass is 79.9. The van der Waals surface area contributed by atoms with Gasteiger partial charge in [-0.2, -0.15) is 0 Å². The van der Waals surface area contributed by atoms with E-state index in [1.165, 1.54) is 7.11 Å². The number of nitrogens with one attached hydrogen (secondary N) is 1. The van der Waals surface area contributed by atoms with E-state index in [1.807, 2.05) is 20.8 Å². The maximum Gasteiger partial charge on any atom is 0.410 e. The monoisotopic (exact) mass is 413 g/mol. The lowest BCUT2D eigenvalue weighted by molar-refractivity contribution is 0.0235. The molecule has 8 heteroatoms. The molecule has 25 heavy (non-hydrogen) atoms. The minimum absolute atomic E-state index is 0.0574. The zero-order valence-corrected chi connectivity index (χ0v) is 16.6. The van der Waals surface area contributed by atoms with Crippen molar-refractivity contribution in [3.63, 3.8) is 0 Å². The Morgan fingerprint density at radius 2 is 2.12 bits per heavy atom. The van der Waals surface area contributed by atoms with E-state index in [0.717, 1.165) is 18.5 Å². The number of carbonyl (C=O) groups excluding carboxylic acids is 2. The van der Waals surface area contributed by atoms with Crippen LogP contribution in [0.15, 0.2) is 16.7 Å². The average molecular weight is 414 g/mol. The number of esters is 1. The standard InChI is InChI=1S/C17H24BrN3O4/c1-17(2,3)25-16(23)21-9-5-6-11(21)10-19-12-7-8-13(15(22)24-4)20-14(12)18/h7-8,11,19H,5-6,9-10H2,1-4H3/t11-/m0/s1. The molecule has 1 aliphatic rings. The van der Waals surface area contributed by atoms with Crippen molar-refractivity contribution in [1.29, 1.82) is 0 Å². The number of anilines is 1. The number of pyridine rings is 1. The van der Waals surface area contributed by atoms with Crippen LogP contribution in [0.3, 0.4) is 0 Å². The molecular formula is C17H24BrN3O4. The number of carbonyl (C=O) groups is 2. The number of halogens is 1. The van der Waals surface area contributed by atoms with E-state index in [9.17, 15) is 9.59 Å². The SMILES string of the molecule is COC(=O)c1ccc(NC[C@@H]2CCCN2C(=O)OC(C)(C)C)c(Br)n1. The third-order valence-electron chi connectivity index (χ3n) is 3.78. The Morgan fingerprint density at radius 1 is 1.40 bits per heavy atom. The summed E-state index contributed by atoms with van der Waals surface area (Å²) >= 11 is 3.35. The van der Waals surface area contributed by atoms with Gasteiger partial charge in [0.05, 0.1) is 18.8 Å². The summed E-state index contributed by atoms with van der Waals surface area (Å²) in [5.74, 6) is -0.487. The average Bonchev–Trinajstić information content (AvgIpc) is 3.00. The summed E-state index contributed by atoms with van der Waals surface area (Å²) in [4.78, 5) is 29.7. The Morgan fingerprint density at radius 3 is 2.72 bits per heavy atom. The predicted octanol–water partition coefficient (Wildman–Crippen LogP) is 3.44. The van der Waals surface area contributed by atoms with Gasteiger partial charge in [-0.05, 0) is 61.7 Å². The van der Waals surface area contributed by atoms with Crippen LogP contribution in [-0.4, -0.2) is 53.8 Å². The summed E-state index contributed by atoms with van der Waals surface area (Å²) in [5, 5.41) is 3.28. The molecule has 0 bridgehead atoms. The first-order chi connectivity index (χ1) is 11.7. The summed E-state index contributed by atoms with van der Waals surface area (Å²) in [6, 6.07) is 3.41. The molecule has 0 spiro atoms. The molecule has 1 fully saturated rings. The third kappa shape index (κ3) is 5.32. The van der Waals surface area contributed by atoms with Gasteiger partial charge in [-0.3, -0.25) is 0 Å². The minimum atomic E-state index is -0.506. The van der Waals surface area contributed by atoms with Crippen LogP contribution in [0.25, 0.3) is 0 Å². The Labute approximate surface area is 156 Å². The van der Waals surface area contributed by atoms with Crippen LogP contribution in [0, 0.1) is 0 Å². The van der Waals surface area contributed by atoms with Gasteiger partial charge in [0, 0.05) is 13.1 Å². The van der Waals surface area contributed by atoms with Crippen molar-refractivity contribution >= 4 is 33.7 Å². The number of hydrogen-bond donors (Lipinski definition) is 1. The molecule has 0 saturated carbocycles. The van der Waals surface area contributed by atoms with Crippen LogP contribution in [0.4, 0.5) is 10.5 Å². The normalized spacial score (nSPS) is 17.3. The van der Waals surface area contributed by atoms with Gasteiger partial charge in [0.2, 0.25) is 0 Å². The number of aromatic nitrogens is 1. The summed E-state index contributed by atoms with van der Waals surface area (Å²) in [5.41, 5.74) is 0.480. The topological polar surface area (TPSA) is 80.8 Å². The van der Waals surface area contributed by atoms with Crippen molar-refractivity contribution in [3.8, 4) is 0 Å². The minimum Gasteiger partial charge on any atom is -0.464 e. The first-order valence-corrected chi connectivity index (χ1v) is 8.99. The second-order valence-corrected chi connectivity index (χ2v) is 7.63. The molecule has 0 unspecified atom stereocenters. The van der Waals surface area contributed by atoms with Gasteiger partial charge in [0.25, 0.3) is 0 Å². The van der Waals surface area contributed by atoms with Crippen LogP contribution in [0.5, 0.6) is 0 Å². The lowest BCUT2D eigenvalue weighted by atomic mass is 10.2. The van der Waals surface area contributed by atoms with Crippen molar-refractivity contribution < 1.29 is 19.1 Å². The van der Waals surface area contributed by atoms with Gasteiger partial charge in [-0.1, -0.05) is 0 Å². The van der Waals surface area contributed by atoms with Crippen LogP contribution in [0.2, 0.25) is 0 Å². The van der Waals surface area contributed by atoms with E-state index in [2.05, 4.69) is 31.0 Å². The molecule has 138 valence electrons. The highest BCUT2D eigenvalue weighted by molar-refractivity contribution is 9.10. The van der Waals surface area contributed by atoms with Gasteiger partial charge in [0.15, 0.2) is 0 Å². The number of methoxy groups -OCH3 is 1. The lowest BCUT2D eigenvalue weighted by Gasteiger charge is -2.29. The van der Waals surface area contributed by atoms with Crippen LogP contribution in [0.1, 0.15) is 44.1 Å².